The molecular weight excluding hydrogens is 172 g/mol. The highest BCUT2D eigenvalue weighted by atomic mass is 15.2. The first-order valence-corrected chi connectivity index (χ1v) is 5.76. The lowest BCUT2D eigenvalue weighted by Crippen LogP contribution is -2.26. The minimum Gasteiger partial charge on any atom is -0.326 e. The van der Waals surface area contributed by atoms with Crippen LogP contribution in [-0.2, 0) is 0 Å². The lowest BCUT2D eigenvalue weighted by Gasteiger charge is -2.09. The average Bonchev–Trinajstić information content (AvgIpc) is 2.58. The van der Waals surface area contributed by atoms with Crippen LogP contribution < -0.4 is 5.73 Å². The third-order valence-electron chi connectivity index (χ3n) is 2.64. The Morgan fingerprint density at radius 1 is 1.36 bits per heavy atom. The predicted octanol–water partition coefficient (Wildman–Crippen LogP) is 1.60. The highest BCUT2D eigenvalue weighted by Crippen LogP contribution is 2.05. The van der Waals surface area contributed by atoms with E-state index in [0.29, 0.717) is 6.04 Å². The lowest BCUT2D eigenvalue weighted by molar-refractivity contribution is 0.377. The second kappa shape index (κ2) is 6.86. The maximum Gasteiger partial charge on any atom is 0.0602 e. The van der Waals surface area contributed by atoms with E-state index in [1.54, 1.807) is 0 Å². The molecule has 2 N–H and O–H groups in total. The van der Waals surface area contributed by atoms with Gasteiger partial charge in [-0.1, -0.05) is 25.7 Å². The third kappa shape index (κ3) is 4.64. The summed E-state index contributed by atoms with van der Waals surface area (Å²) in [5.41, 5.74) is 5.81. The van der Waals surface area contributed by atoms with Crippen LogP contribution in [0.1, 0.15) is 39.0 Å². The molecule has 0 unspecified atom stereocenters. The largest absolute Gasteiger partial charge is 0.326 e. The Morgan fingerprint density at radius 2 is 2.21 bits per heavy atom. The van der Waals surface area contributed by atoms with E-state index in [0.717, 1.165) is 32.5 Å². The van der Waals surface area contributed by atoms with Crippen molar-refractivity contribution in [3.63, 3.8) is 0 Å². The van der Waals surface area contributed by atoms with Crippen LogP contribution in [0, 0.1) is 11.8 Å². The summed E-state index contributed by atoms with van der Waals surface area (Å²) in [5.74, 6) is 6.46. The van der Waals surface area contributed by atoms with Gasteiger partial charge < -0.3 is 5.73 Å². The summed E-state index contributed by atoms with van der Waals surface area (Å²) in [5, 5.41) is 0. The van der Waals surface area contributed by atoms with Crippen LogP contribution in [0.15, 0.2) is 0 Å². The molecule has 0 aromatic rings. The van der Waals surface area contributed by atoms with Crippen LogP contribution in [0.4, 0.5) is 0 Å². The Balaban J connectivity index is 2.01. The fourth-order valence-corrected chi connectivity index (χ4v) is 1.73. The van der Waals surface area contributed by atoms with Gasteiger partial charge in [-0.15, -0.1) is 5.92 Å². The number of nitrogens with two attached hydrogens (primary N) is 1. The second-order valence-corrected chi connectivity index (χ2v) is 4.09. The molecule has 1 aliphatic rings. The maximum absolute atomic E-state index is 5.81. The zero-order chi connectivity index (χ0) is 10.2. The number of rotatable bonds is 4. The maximum atomic E-state index is 5.81. The zero-order valence-corrected chi connectivity index (χ0v) is 9.26. The summed E-state index contributed by atoms with van der Waals surface area (Å²) in [7, 11) is 0. The smallest absolute Gasteiger partial charge is 0.0602 e. The summed E-state index contributed by atoms with van der Waals surface area (Å²) in [6.07, 6.45) is 6.04. The van der Waals surface area contributed by atoms with Gasteiger partial charge >= 0.3 is 0 Å². The predicted molar refractivity (Wildman–Crippen MR) is 61.0 cm³/mol. The normalized spacial score (nSPS) is 22.0. The van der Waals surface area contributed by atoms with Crippen LogP contribution in [0.25, 0.3) is 0 Å². The van der Waals surface area contributed by atoms with Crippen LogP contribution in [0.2, 0.25) is 0 Å². The molecule has 0 saturated carbocycles. The Morgan fingerprint density at radius 3 is 2.86 bits per heavy atom. The van der Waals surface area contributed by atoms with Gasteiger partial charge in [0.05, 0.1) is 6.54 Å². The van der Waals surface area contributed by atoms with Crippen LogP contribution in [-0.4, -0.2) is 30.6 Å². The molecule has 0 amide bonds. The minimum atomic E-state index is 0.386. The molecule has 2 heteroatoms. The van der Waals surface area contributed by atoms with E-state index in [1.165, 1.54) is 19.3 Å². The molecule has 0 bridgehead atoms. The van der Waals surface area contributed by atoms with Gasteiger partial charge in [0, 0.05) is 25.6 Å². The Labute approximate surface area is 87.8 Å². The van der Waals surface area contributed by atoms with Gasteiger partial charge in [-0.2, -0.15) is 0 Å². The van der Waals surface area contributed by atoms with Crippen molar-refractivity contribution in [2.24, 2.45) is 5.73 Å². The van der Waals surface area contributed by atoms with Crippen LogP contribution in [0.5, 0.6) is 0 Å². The molecule has 1 atom stereocenters. The average molecular weight is 194 g/mol. The molecule has 0 radical (unpaired) electrons. The van der Waals surface area contributed by atoms with Crippen molar-refractivity contribution in [1.29, 1.82) is 0 Å². The van der Waals surface area contributed by atoms with E-state index in [-0.39, 0.29) is 0 Å². The van der Waals surface area contributed by atoms with Gasteiger partial charge in [-0.25, -0.2) is 0 Å². The van der Waals surface area contributed by atoms with Gasteiger partial charge in [0.15, 0.2) is 0 Å². The lowest BCUT2D eigenvalue weighted by atomic mass is 10.2. The Hall–Kier alpha value is -0.520. The van der Waals surface area contributed by atoms with E-state index in [2.05, 4.69) is 23.7 Å². The van der Waals surface area contributed by atoms with E-state index in [4.69, 9.17) is 5.73 Å². The molecule has 1 saturated heterocycles. The van der Waals surface area contributed by atoms with E-state index < -0.39 is 0 Å². The molecule has 1 rings (SSSR count). The molecule has 0 aromatic carbocycles. The minimum absolute atomic E-state index is 0.386. The fraction of sp³-hybridized carbons (Fsp3) is 0.833. The molecule has 0 aromatic heterocycles. The van der Waals surface area contributed by atoms with Gasteiger partial charge in [-0.3, -0.25) is 4.90 Å². The fourth-order valence-electron chi connectivity index (χ4n) is 1.73. The molecule has 2 nitrogen and oxygen atoms in total. The van der Waals surface area contributed by atoms with Gasteiger partial charge in [0.25, 0.3) is 0 Å². The third-order valence-corrected chi connectivity index (χ3v) is 2.64. The molecular formula is C12H22N2. The summed E-state index contributed by atoms with van der Waals surface area (Å²) >= 11 is 0. The van der Waals surface area contributed by atoms with Crippen LogP contribution >= 0.6 is 0 Å². The summed E-state index contributed by atoms with van der Waals surface area (Å²) in [6.45, 7) is 5.30. The number of likely N-dealkylation sites (tertiary alicyclic amines) is 1. The van der Waals surface area contributed by atoms with Crippen molar-refractivity contribution < 1.29 is 0 Å². The van der Waals surface area contributed by atoms with E-state index in [1.807, 2.05) is 0 Å². The molecule has 80 valence electrons. The number of hydrogen-bond donors (Lipinski definition) is 1. The standard InChI is InChI=1S/C12H22N2/c1-2-3-4-5-6-7-9-14-10-8-12(13)11-14/h12H,2-5,8-11,13H2,1H3/t12-/m1/s1. The van der Waals surface area contributed by atoms with E-state index >= 15 is 0 Å². The van der Waals surface area contributed by atoms with Crippen molar-refractivity contribution in [2.45, 2.75) is 45.1 Å². The molecule has 1 heterocycles. The Kier molecular flexibility index (Phi) is 5.66. The second-order valence-electron chi connectivity index (χ2n) is 4.09. The first-order chi connectivity index (χ1) is 6.83. The molecule has 1 aliphatic heterocycles. The van der Waals surface area contributed by atoms with Gasteiger partial charge in [0.2, 0.25) is 0 Å². The van der Waals surface area contributed by atoms with Crippen molar-refractivity contribution in [3.8, 4) is 11.8 Å². The van der Waals surface area contributed by atoms with Gasteiger partial charge in [0.1, 0.15) is 0 Å². The first kappa shape index (κ1) is 11.6. The SMILES string of the molecule is CCCCCC#CCN1CC[C@@H](N)C1. The zero-order valence-electron chi connectivity index (χ0n) is 9.26. The Bertz CT molecular complexity index is 202. The summed E-state index contributed by atoms with van der Waals surface area (Å²) in [6, 6.07) is 0.386. The van der Waals surface area contributed by atoms with Crippen molar-refractivity contribution in [1.82, 2.24) is 4.90 Å². The first-order valence-electron chi connectivity index (χ1n) is 5.76. The summed E-state index contributed by atoms with van der Waals surface area (Å²) in [4.78, 5) is 2.34. The number of nitrogens with zero attached hydrogens (tertiary/aromatic N) is 1. The summed E-state index contributed by atoms with van der Waals surface area (Å²) < 4.78 is 0. The van der Waals surface area contributed by atoms with Gasteiger partial charge in [-0.05, 0) is 12.8 Å². The van der Waals surface area contributed by atoms with Crippen LogP contribution in [0.3, 0.4) is 0 Å². The topological polar surface area (TPSA) is 29.3 Å². The highest BCUT2D eigenvalue weighted by molar-refractivity contribution is 5.02. The molecule has 14 heavy (non-hydrogen) atoms. The molecule has 0 spiro atoms. The van der Waals surface area contributed by atoms with Crippen molar-refractivity contribution >= 4 is 0 Å². The van der Waals surface area contributed by atoms with E-state index in [9.17, 15) is 0 Å². The number of unbranched alkanes of at least 4 members (excludes halogenated alkanes) is 3. The highest BCUT2D eigenvalue weighted by Gasteiger charge is 2.17. The molecule has 0 aliphatic carbocycles. The number of hydrogen-bond acceptors (Lipinski definition) is 2. The monoisotopic (exact) mass is 194 g/mol. The quantitative estimate of drug-likeness (QED) is 0.544. The molecule has 1 fully saturated rings. The van der Waals surface area contributed by atoms with Crippen molar-refractivity contribution in [3.05, 3.63) is 0 Å². The van der Waals surface area contributed by atoms with Crippen molar-refractivity contribution in [2.75, 3.05) is 19.6 Å².